The van der Waals surface area contributed by atoms with Crippen LogP contribution in [0.1, 0.15) is 0 Å². The fraction of sp³-hybridized carbons (Fsp3) is 1.00. The topological polar surface area (TPSA) is 32.3 Å². The smallest absolute Gasteiger partial charge is 0.0517 e. The molecule has 1 saturated carbocycles. The Morgan fingerprint density at radius 1 is 1.78 bits per heavy atom. The molecule has 2 nitrogen and oxygen atoms in total. The minimum atomic E-state index is 0.0710. The van der Waals surface area contributed by atoms with Crippen LogP contribution >= 0.6 is 11.6 Å². The Balaban J connectivity index is 2.13. The second-order valence-electron chi connectivity index (χ2n) is 3.03. The van der Waals surface area contributed by atoms with Gasteiger partial charge in [0.2, 0.25) is 0 Å². The first-order chi connectivity index (χ1) is 4.31. The number of fused-ring (bicyclic) bond motifs is 1. The maximum atomic E-state index is 8.91. The highest BCUT2D eigenvalue weighted by Gasteiger charge is 2.65. The van der Waals surface area contributed by atoms with Gasteiger partial charge in [-0.25, -0.2) is 0 Å². The molecular formula is C6H10ClNO. The van der Waals surface area contributed by atoms with Crippen molar-refractivity contribution in [3.05, 3.63) is 0 Å². The summed E-state index contributed by atoms with van der Waals surface area (Å²) in [5, 5.41) is 12.4. The Bertz CT molecular complexity index is 141. The lowest BCUT2D eigenvalue weighted by Gasteiger charge is -2.06. The Labute approximate surface area is 59.2 Å². The number of aliphatic hydroxyl groups excluding tert-OH is 1. The van der Waals surface area contributed by atoms with E-state index in [1.807, 2.05) is 0 Å². The van der Waals surface area contributed by atoms with Crippen molar-refractivity contribution in [3.8, 4) is 0 Å². The molecule has 0 radical (unpaired) electrons. The van der Waals surface area contributed by atoms with Gasteiger partial charge in [0.1, 0.15) is 0 Å². The summed E-state index contributed by atoms with van der Waals surface area (Å²) >= 11 is 5.91. The second-order valence-corrected chi connectivity index (χ2v) is 3.50. The van der Waals surface area contributed by atoms with E-state index >= 15 is 0 Å². The summed E-state index contributed by atoms with van der Waals surface area (Å²) in [7, 11) is 0. The molecule has 0 spiro atoms. The SMILES string of the molecule is OCC12CNCC1C2Cl. The molecular weight excluding hydrogens is 138 g/mol. The van der Waals surface area contributed by atoms with Gasteiger partial charge in [0.25, 0.3) is 0 Å². The van der Waals surface area contributed by atoms with Crippen LogP contribution in [-0.2, 0) is 0 Å². The summed E-state index contributed by atoms with van der Waals surface area (Å²) < 4.78 is 0. The molecule has 9 heavy (non-hydrogen) atoms. The van der Waals surface area contributed by atoms with Crippen LogP contribution in [-0.4, -0.2) is 30.2 Å². The lowest BCUT2D eigenvalue weighted by atomic mass is 10.1. The summed E-state index contributed by atoms with van der Waals surface area (Å²) in [6, 6.07) is 0. The van der Waals surface area contributed by atoms with E-state index in [0.717, 1.165) is 13.1 Å². The van der Waals surface area contributed by atoms with E-state index in [4.69, 9.17) is 16.7 Å². The zero-order chi connectivity index (χ0) is 6.48. The number of alkyl halides is 1. The number of hydrogen-bond donors (Lipinski definition) is 2. The van der Waals surface area contributed by atoms with Gasteiger partial charge in [0.15, 0.2) is 0 Å². The lowest BCUT2D eigenvalue weighted by molar-refractivity contribution is 0.215. The van der Waals surface area contributed by atoms with Crippen molar-refractivity contribution < 1.29 is 5.11 Å². The molecule has 1 heterocycles. The first kappa shape index (κ1) is 5.96. The van der Waals surface area contributed by atoms with E-state index < -0.39 is 0 Å². The standard InChI is InChI=1S/C6H10ClNO/c7-5-4-1-8-2-6(4,5)3-9/h4-5,8-9H,1-3H2. The van der Waals surface area contributed by atoms with Gasteiger partial charge in [0.05, 0.1) is 6.61 Å². The van der Waals surface area contributed by atoms with Crippen LogP contribution in [0.2, 0.25) is 0 Å². The molecule has 3 unspecified atom stereocenters. The molecule has 2 aliphatic rings. The quantitative estimate of drug-likeness (QED) is 0.504. The van der Waals surface area contributed by atoms with Crippen LogP contribution < -0.4 is 5.32 Å². The maximum absolute atomic E-state index is 8.91. The zero-order valence-corrected chi connectivity index (χ0v) is 5.86. The van der Waals surface area contributed by atoms with Crippen LogP contribution in [0.25, 0.3) is 0 Å². The second kappa shape index (κ2) is 1.62. The number of nitrogens with one attached hydrogen (secondary N) is 1. The lowest BCUT2D eigenvalue weighted by Crippen LogP contribution is -2.22. The van der Waals surface area contributed by atoms with Crippen LogP contribution in [0, 0.1) is 11.3 Å². The Morgan fingerprint density at radius 2 is 2.56 bits per heavy atom. The average Bonchev–Trinajstić information content (AvgIpc) is 2.29. The highest BCUT2D eigenvalue weighted by Crippen LogP contribution is 2.58. The van der Waals surface area contributed by atoms with Crippen LogP contribution in [0.5, 0.6) is 0 Å². The highest BCUT2D eigenvalue weighted by molar-refractivity contribution is 6.23. The maximum Gasteiger partial charge on any atom is 0.0517 e. The van der Waals surface area contributed by atoms with Crippen LogP contribution in [0.4, 0.5) is 0 Å². The first-order valence-corrected chi connectivity index (χ1v) is 3.70. The van der Waals surface area contributed by atoms with Gasteiger partial charge in [-0.3, -0.25) is 0 Å². The van der Waals surface area contributed by atoms with E-state index in [0.29, 0.717) is 5.92 Å². The molecule has 3 heteroatoms. The fourth-order valence-corrected chi connectivity index (χ4v) is 2.35. The number of halogens is 1. The van der Waals surface area contributed by atoms with Crippen molar-refractivity contribution in [2.45, 2.75) is 5.38 Å². The summed E-state index contributed by atoms with van der Waals surface area (Å²) in [5.41, 5.74) is 0.0710. The molecule has 0 amide bonds. The molecule has 2 N–H and O–H groups in total. The van der Waals surface area contributed by atoms with Gasteiger partial charge in [-0.15, -0.1) is 11.6 Å². The number of piperidine rings is 1. The van der Waals surface area contributed by atoms with E-state index in [2.05, 4.69) is 5.32 Å². The normalized spacial score (nSPS) is 55.3. The molecule has 1 saturated heterocycles. The van der Waals surface area contributed by atoms with Crippen LogP contribution in [0.3, 0.4) is 0 Å². The third-order valence-corrected chi connectivity index (χ3v) is 3.38. The summed E-state index contributed by atoms with van der Waals surface area (Å²) in [6.45, 7) is 2.15. The van der Waals surface area contributed by atoms with Crippen molar-refractivity contribution >= 4 is 11.6 Å². The molecule has 52 valence electrons. The van der Waals surface area contributed by atoms with Gasteiger partial charge in [-0.05, 0) is 5.92 Å². The molecule has 1 aliphatic heterocycles. The van der Waals surface area contributed by atoms with Gasteiger partial charge < -0.3 is 10.4 Å². The van der Waals surface area contributed by atoms with Crippen molar-refractivity contribution in [3.63, 3.8) is 0 Å². The average molecular weight is 148 g/mol. The zero-order valence-electron chi connectivity index (χ0n) is 5.10. The van der Waals surface area contributed by atoms with Gasteiger partial charge in [0, 0.05) is 23.9 Å². The van der Waals surface area contributed by atoms with E-state index in [1.54, 1.807) is 0 Å². The van der Waals surface area contributed by atoms with Gasteiger partial charge >= 0.3 is 0 Å². The third-order valence-electron chi connectivity index (χ3n) is 2.64. The predicted molar refractivity (Wildman–Crippen MR) is 35.5 cm³/mol. The first-order valence-electron chi connectivity index (χ1n) is 3.27. The molecule has 0 aromatic heterocycles. The summed E-state index contributed by atoms with van der Waals surface area (Å²) in [5.74, 6) is 0.546. The molecule has 2 rings (SSSR count). The Hall–Kier alpha value is 0.210. The third kappa shape index (κ3) is 0.540. The fourth-order valence-electron chi connectivity index (χ4n) is 1.78. The van der Waals surface area contributed by atoms with E-state index in [1.165, 1.54) is 0 Å². The Morgan fingerprint density at radius 3 is 2.89 bits per heavy atom. The van der Waals surface area contributed by atoms with Crippen molar-refractivity contribution in [2.75, 3.05) is 19.7 Å². The van der Waals surface area contributed by atoms with Gasteiger partial charge in [-0.2, -0.15) is 0 Å². The largest absolute Gasteiger partial charge is 0.396 e. The molecule has 0 aromatic rings. The predicted octanol–water partition coefficient (Wildman–Crippen LogP) is -0.195. The van der Waals surface area contributed by atoms with Gasteiger partial charge in [-0.1, -0.05) is 0 Å². The van der Waals surface area contributed by atoms with E-state index in [-0.39, 0.29) is 17.4 Å². The summed E-state index contributed by atoms with van der Waals surface area (Å²) in [4.78, 5) is 0. The molecule has 1 aliphatic carbocycles. The molecule has 3 atom stereocenters. The monoisotopic (exact) mass is 147 g/mol. The van der Waals surface area contributed by atoms with Crippen molar-refractivity contribution in [1.29, 1.82) is 0 Å². The molecule has 0 aromatic carbocycles. The minimum absolute atomic E-state index is 0.0710. The molecule has 2 fully saturated rings. The van der Waals surface area contributed by atoms with Crippen LogP contribution in [0.15, 0.2) is 0 Å². The minimum Gasteiger partial charge on any atom is -0.396 e. The number of rotatable bonds is 1. The summed E-state index contributed by atoms with van der Waals surface area (Å²) in [6.07, 6.45) is 0. The Kier molecular flexibility index (Phi) is 1.07. The van der Waals surface area contributed by atoms with Crippen molar-refractivity contribution in [1.82, 2.24) is 5.32 Å². The molecule has 0 bridgehead atoms. The van der Waals surface area contributed by atoms with Crippen molar-refractivity contribution in [2.24, 2.45) is 11.3 Å². The number of aliphatic hydroxyl groups is 1. The van der Waals surface area contributed by atoms with E-state index in [9.17, 15) is 0 Å². The number of hydrogen-bond acceptors (Lipinski definition) is 2. The highest BCUT2D eigenvalue weighted by atomic mass is 35.5.